The van der Waals surface area contributed by atoms with Gasteiger partial charge in [0.05, 0.1) is 11.3 Å². The largest absolute Gasteiger partial charge is 0.399 e. The van der Waals surface area contributed by atoms with Crippen molar-refractivity contribution in [3.63, 3.8) is 0 Å². The first kappa shape index (κ1) is 12.5. The van der Waals surface area contributed by atoms with Crippen molar-refractivity contribution in [2.75, 3.05) is 16.8 Å². The Morgan fingerprint density at radius 2 is 1.68 bits per heavy atom. The maximum Gasteiger partial charge on any atom is 0.255 e. The number of carbonyl (C=O) groups excluding carboxylic acids is 1. The molecular formula is C14H12N4O. The molecule has 19 heavy (non-hydrogen) atoms. The van der Waals surface area contributed by atoms with Gasteiger partial charge in [0.1, 0.15) is 6.07 Å². The number of nitrogen functional groups attached to an aromatic ring is 2. The van der Waals surface area contributed by atoms with Gasteiger partial charge in [-0.15, -0.1) is 0 Å². The molecule has 2 aromatic carbocycles. The summed E-state index contributed by atoms with van der Waals surface area (Å²) >= 11 is 0. The van der Waals surface area contributed by atoms with Gasteiger partial charge in [-0.25, -0.2) is 0 Å². The lowest BCUT2D eigenvalue weighted by Crippen LogP contribution is -2.13. The first-order chi connectivity index (χ1) is 9.10. The summed E-state index contributed by atoms with van der Waals surface area (Å²) in [7, 11) is 0. The Hall–Kier alpha value is -3.00. The van der Waals surface area contributed by atoms with Crippen molar-refractivity contribution in [3.8, 4) is 6.07 Å². The molecule has 0 aliphatic rings. The monoisotopic (exact) mass is 252 g/mol. The van der Waals surface area contributed by atoms with E-state index < -0.39 is 0 Å². The molecule has 5 nitrogen and oxygen atoms in total. The standard InChI is InChI=1S/C14H12N4O/c15-8-10-7-12(17)5-6-13(10)18-14(19)9-1-3-11(16)4-2-9/h1-7H,16-17H2,(H,18,19). The number of nitriles is 1. The van der Waals surface area contributed by atoms with E-state index in [9.17, 15) is 4.79 Å². The van der Waals surface area contributed by atoms with Gasteiger partial charge in [0.2, 0.25) is 0 Å². The van der Waals surface area contributed by atoms with E-state index in [4.69, 9.17) is 16.7 Å². The number of anilines is 3. The van der Waals surface area contributed by atoms with Crippen LogP contribution in [0.15, 0.2) is 42.5 Å². The van der Waals surface area contributed by atoms with Crippen LogP contribution in [0.2, 0.25) is 0 Å². The highest BCUT2D eigenvalue weighted by atomic mass is 16.1. The number of nitrogens with one attached hydrogen (secondary N) is 1. The number of carbonyl (C=O) groups is 1. The quantitative estimate of drug-likeness (QED) is 0.710. The minimum atomic E-state index is -0.304. The lowest BCUT2D eigenvalue weighted by atomic mass is 10.1. The van der Waals surface area contributed by atoms with Crippen molar-refractivity contribution >= 4 is 23.0 Å². The molecule has 0 saturated carbocycles. The molecule has 0 heterocycles. The molecule has 1 amide bonds. The summed E-state index contributed by atoms with van der Waals surface area (Å²) < 4.78 is 0. The lowest BCUT2D eigenvalue weighted by Gasteiger charge is -2.07. The third-order valence-corrected chi connectivity index (χ3v) is 2.59. The zero-order valence-electron chi connectivity index (χ0n) is 10.1. The Morgan fingerprint density at radius 1 is 1.05 bits per heavy atom. The number of hydrogen-bond donors (Lipinski definition) is 3. The van der Waals surface area contributed by atoms with E-state index in [1.807, 2.05) is 6.07 Å². The molecule has 0 aliphatic heterocycles. The van der Waals surface area contributed by atoms with Gasteiger partial charge < -0.3 is 16.8 Å². The summed E-state index contributed by atoms with van der Waals surface area (Å²) in [4.78, 5) is 12.0. The van der Waals surface area contributed by atoms with Crippen LogP contribution < -0.4 is 16.8 Å². The number of rotatable bonds is 2. The van der Waals surface area contributed by atoms with Crippen LogP contribution in [-0.2, 0) is 0 Å². The number of hydrogen-bond acceptors (Lipinski definition) is 4. The Bertz CT molecular complexity index is 656. The zero-order valence-corrected chi connectivity index (χ0v) is 10.1. The van der Waals surface area contributed by atoms with Gasteiger partial charge in [0, 0.05) is 16.9 Å². The Kier molecular flexibility index (Phi) is 3.35. The number of nitrogens with zero attached hydrogens (tertiary/aromatic N) is 1. The van der Waals surface area contributed by atoms with Crippen molar-refractivity contribution < 1.29 is 4.79 Å². The topological polar surface area (TPSA) is 105 Å². The van der Waals surface area contributed by atoms with Crippen LogP contribution in [-0.4, -0.2) is 5.91 Å². The SMILES string of the molecule is N#Cc1cc(N)ccc1NC(=O)c1ccc(N)cc1. The fourth-order valence-electron chi connectivity index (χ4n) is 1.59. The fraction of sp³-hybridized carbons (Fsp3) is 0. The van der Waals surface area contributed by atoms with Crippen LogP contribution >= 0.6 is 0 Å². The molecule has 0 spiro atoms. The van der Waals surface area contributed by atoms with Gasteiger partial charge in [-0.2, -0.15) is 5.26 Å². The van der Waals surface area contributed by atoms with Crippen molar-refractivity contribution in [1.82, 2.24) is 0 Å². The molecule has 0 saturated heterocycles. The highest BCUT2D eigenvalue weighted by Crippen LogP contribution is 2.19. The van der Waals surface area contributed by atoms with Crippen LogP contribution in [0.1, 0.15) is 15.9 Å². The molecule has 94 valence electrons. The molecule has 5 heteroatoms. The maximum atomic E-state index is 12.0. The smallest absolute Gasteiger partial charge is 0.255 e. The van der Waals surface area contributed by atoms with Crippen LogP contribution in [0.25, 0.3) is 0 Å². The number of benzene rings is 2. The van der Waals surface area contributed by atoms with E-state index in [1.165, 1.54) is 6.07 Å². The summed E-state index contributed by atoms with van der Waals surface area (Å²) in [6, 6.07) is 13.2. The van der Waals surface area contributed by atoms with Crippen LogP contribution in [0, 0.1) is 11.3 Å². The van der Waals surface area contributed by atoms with E-state index in [0.29, 0.717) is 28.2 Å². The van der Waals surface area contributed by atoms with Crippen molar-refractivity contribution in [3.05, 3.63) is 53.6 Å². The molecular weight excluding hydrogens is 240 g/mol. The Balaban J connectivity index is 2.24. The predicted octanol–water partition coefficient (Wildman–Crippen LogP) is 1.97. The van der Waals surface area contributed by atoms with Crippen LogP contribution in [0.3, 0.4) is 0 Å². The Labute approximate surface area is 110 Å². The van der Waals surface area contributed by atoms with Crippen LogP contribution in [0.4, 0.5) is 17.1 Å². The van der Waals surface area contributed by atoms with Gasteiger partial charge in [0.15, 0.2) is 0 Å². The number of amides is 1. The van der Waals surface area contributed by atoms with Gasteiger partial charge in [0.25, 0.3) is 5.91 Å². The van der Waals surface area contributed by atoms with Gasteiger partial charge >= 0.3 is 0 Å². The van der Waals surface area contributed by atoms with E-state index >= 15 is 0 Å². The van der Waals surface area contributed by atoms with Crippen LogP contribution in [0.5, 0.6) is 0 Å². The van der Waals surface area contributed by atoms with E-state index in [1.54, 1.807) is 36.4 Å². The van der Waals surface area contributed by atoms with Crippen molar-refractivity contribution in [2.24, 2.45) is 0 Å². The second-order valence-electron chi connectivity index (χ2n) is 3.99. The molecule has 0 radical (unpaired) electrons. The minimum Gasteiger partial charge on any atom is -0.399 e. The summed E-state index contributed by atoms with van der Waals surface area (Å²) in [6.45, 7) is 0. The lowest BCUT2D eigenvalue weighted by molar-refractivity contribution is 0.102. The molecule has 0 bridgehead atoms. The molecule has 0 fully saturated rings. The molecule has 0 atom stereocenters. The van der Waals surface area contributed by atoms with E-state index in [-0.39, 0.29) is 5.91 Å². The Morgan fingerprint density at radius 3 is 2.32 bits per heavy atom. The zero-order chi connectivity index (χ0) is 13.8. The third-order valence-electron chi connectivity index (χ3n) is 2.59. The molecule has 2 aromatic rings. The molecule has 0 aliphatic carbocycles. The van der Waals surface area contributed by atoms with E-state index in [2.05, 4.69) is 5.32 Å². The second-order valence-corrected chi connectivity index (χ2v) is 3.99. The first-order valence-corrected chi connectivity index (χ1v) is 5.56. The third kappa shape index (κ3) is 2.82. The van der Waals surface area contributed by atoms with Crippen molar-refractivity contribution in [1.29, 1.82) is 5.26 Å². The average molecular weight is 252 g/mol. The highest BCUT2D eigenvalue weighted by Gasteiger charge is 2.09. The van der Waals surface area contributed by atoms with Gasteiger partial charge in [-0.3, -0.25) is 4.79 Å². The summed E-state index contributed by atoms with van der Waals surface area (Å²) in [6.07, 6.45) is 0. The summed E-state index contributed by atoms with van der Waals surface area (Å²) in [5.41, 5.74) is 13.4. The van der Waals surface area contributed by atoms with Gasteiger partial charge in [-0.1, -0.05) is 0 Å². The molecule has 2 rings (SSSR count). The number of nitrogens with two attached hydrogens (primary N) is 2. The fourth-order valence-corrected chi connectivity index (χ4v) is 1.59. The minimum absolute atomic E-state index is 0.304. The molecule has 5 N–H and O–H groups in total. The summed E-state index contributed by atoms with van der Waals surface area (Å²) in [5, 5.41) is 11.7. The average Bonchev–Trinajstić information content (AvgIpc) is 2.41. The first-order valence-electron chi connectivity index (χ1n) is 5.56. The van der Waals surface area contributed by atoms with Crippen molar-refractivity contribution in [2.45, 2.75) is 0 Å². The molecule has 0 unspecified atom stereocenters. The normalized spacial score (nSPS) is 9.63. The van der Waals surface area contributed by atoms with E-state index in [0.717, 1.165) is 0 Å². The second kappa shape index (κ2) is 5.10. The maximum absolute atomic E-state index is 12.0. The summed E-state index contributed by atoms with van der Waals surface area (Å²) in [5.74, 6) is -0.304. The molecule has 0 aromatic heterocycles. The van der Waals surface area contributed by atoms with Gasteiger partial charge in [-0.05, 0) is 42.5 Å². The highest BCUT2D eigenvalue weighted by molar-refractivity contribution is 6.05. The predicted molar refractivity (Wildman–Crippen MR) is 74.4 cm³/mol.